The van der Waals surface area contributed by atoms with Gasteiger partial charge in [-0.2, -0.15) is 0 Å². The summed E-state index contributed by atoms with van der Waals surface area (Å²) in [6.45, 7) is 3.80. The highest BCUT2D eigenvalue weighted by Gasteiger charge is 2.33. The van der Waals surface area contributed by atoms with Gasteiger partial charge in [-0.1, -0.05) is 30.3 Å². The van der Waals surface area contributed by atoms with E-state index in [0.29, 0.717) is 11.4 Å². The molecule has 0 unspecified atom stereocenters. The second-order valence-electron chi connectivity index (χ2n) is 4.87. The zero-order chi connectivity index (χ0) is 13.9. The Bertz CT molecular complexity index is 576. The van der Waals surface area contributed by atoms with Gasteiger partial charge in [-0.15, -0.1) is 0 Å². The average molecular weight is 255 g/mol. The molecule has 0 radical (unpaired) electrons. The molecule has 0 spiro atoms. The monoisotopic (exact) mass is 255 g/mol. The number of ketones is 1. The van der Waals surface area contributed by atoms with Gasteiger partial charge in [0.1, 0.15) is 11.4 Å². The molecule has 1 aromatic carbocycles. The van der Waals surface area contributed by atoms with E-state index >= 15 is 0 Å². The summed E-state index contributed by atoms with van der Waals surface area (Å²) in [6, 6.07) is 13.2. The van der Waals surface area contributed by atoms with Crippen molar-refractivity contribution >= 4 is 5.78 Å². The lowest BCUT2D eigenvalue weighted by Crippen LogP contribution is -2.30. The summed E-state index contributed by atoms with van der Waals surface area (Å²) in [5.74, 6) is 0.465. The summed E-state index contributed by atoms with van der Waals surface area (Å²) < 4.78 is 5.21. The van der Waals surface area contributed by atoms with E-state index < -0.39 is 5.41 Å². The molecule has 0 N–H and O–H groups in total. The third-order valence-electron chi connectivity index (χ3n) is 3.27. The first-order valence-corrected chi connectivity index (χ1v) is 6.16. The minimum Gasteiger partial charge on any atom is -0.494 e. The molecule has 3 nitrogen and oxygen atoms in total. The number of Topliss-reactive ketones (excluding diaryl/α,β-unsaturated/α-hetero) is 1. The summed E-state index contributed by atoms with van der Waals surface area (Å²) in [6.07, 6.45) is 1.61. The summed E-state index contributed by atoms with van der Waals surface area (Å²) in [7, 11) is 1.54. The first kappa shape index (κ1) is 13.3. The Labute approximate surface area is 113 Å². The molecular formula is C16H17NO2. The number of rotatable bonds is 4. The van der Waals surface area contributed by atoms with Crippen LogP contribution in [-0.4, -0.2) is 17.9 Å². The molecule has 19 heavy (non-hydrogen) atoms. The van der Waals surface area contributed by atoms with Crippen LogP contribution in [0.25, 0.3) is 0 Å². The summed E-state index contributed by atoms with van der Waals surface area (Å²) >= 11 is 0. The minimum atomic E-state index is -0.636. The minimum absolute atomic E-state index is 0.0452. The summed E-state index contributed by atoms with van der Waals surface area (Å²) in [5.41, 5.74) is 0.703. The molecule has 98 valence electrons. The molecule has 0 aliphatic carbocycles. The molecule has 3 heteroatoms. The van der Waals surface area contributed by atoms with Gasteiger partial charge in [-0.3, -0.25) is 4.79 Å². The summed E-state index contributed by atoms with van der Waals surface area (Å²) in [4.78, 5) is 16.9. The maximum atomic E-state index is 12.7. The number of aromatic nitrogens is 1. The van der Waals surface area contributed by atoms with Crippen LogP contribution in [0.2, 0.25) is 0 Å². The highest BCUT2D eigenvalue weighted by atomic mass is 16.5. The van der Waals surface area contributed by atoms with Crippen molar-refractivity contribution in [2.45, 2.75) is 19.3 Å². The largest absolute Gasteiger partial charge is 0.494 e. The second kappa shape index (κ2) is 5.22. The van der Waals surface area contributed by atoms with Gasteiger partial charge in [-0.05, 0) is 31.5 Å². The Balaban J connectivity index is 2.44. The Hall–Kier alpha value is -2.16. The van der Waals surface area contributed by atoms with E-state index in [1.54, 1.807) is 25.4 Å². The molecule has 0 saturated carbocycles. The number of carbonyl (C=O) groups excluding carboxylic acids is 1. The van der Waals surface area contributed by atoms with Crippen molar-refractivity contribution < 1.29 is 9.53 Å². The molecule has 0 atom stereocenters. The average Bonchev–Trinajstić information content (AvgIpc) is 2.47. The third kappa shape index (κ3) is 2.50. The molecule has 2 aromatic rings. The van der Waals surface area contributed by atoms with Crippen LogP contribution in [-0.2, 0) is 5.41 Å². The highest BCUT2D eigenvalue weighted by molar-refractivity contribution is 6.04. The Kier molecular flexibility index (Phi) is 3.65. The van der Waals surface area contributed by atoms with E-state index in [-0.39, 0.29) is 5.78 Å². The third-order valence-corrected chi connectivity index (χ3v) is 3.27. The van der Waals surface area contributed by atoms with Gasteiger partial charge in [0.15, 0.2) is 5.78 Å². The Morgan fingerprint density at radius 1 is 1.11 bits per heavy atom. The van der Waals surface area contributed by atoms with Crippen LogP contribution < -0.4 is 4.74 Å². The SMILES string of the molecule is COc1cccnc1C(=O)C(C)(C)c1ccccc1. The fraction of sp³-hybridized carbons (Fsp3) is 0.250. The van der Waals surface area contributed by atoms with Gasteiger partial charge in [0.05, 0.1) is 12.5 Å². The van der Waals surface area contributed by atoms with Crippen LogP contribution in [0, 0.1) is 0 Å². The topological polar surface area (TPSA) is 39.2 Å². The van der Waals surface area contributed by atoms with Crippen molar-refractivity contribution in [3.8, 4) is 5.75 Å². The van der Waals surface area contributed by atoms with Gasteiger partial charge in [0, 0.05) is 6.20 Å². The van der Waals surface area contributed by atoms with Crippen molar-refractivity contribution in [1.29, 1.82) is 0 Å². The number of hydrogen-bond acceptors (Lipinski definition) is 3. The van der Waals surface area contributed by atoms with Crippen molar-refractivity contribution in [3.63, 3.8) is 0 Å². The zero-order valence-corrected chi connectivity index (χ0v) is 11.4. The van der Waals surface area contributed by atoms with Crippen molar-refractivity contribution in [1.82, 2.24) is 4.98 Å². The summed E-state index contributed by atoms with van der Waals surface area (Å²) in [5, 5.41) is 0. The van der Waals surface area contributed by atoms with Gasteiger partial charge in [-0.25, -0.2) is 4.98 Å². The quantitative estimate of drug-likeness (QED) is 0.787. The molecule has 0 bridgehead atoms. The standard InChI is InChI=1S/C16H17NO2/c1-16(2,12-8-5-4-6-9-12)15(18)14-13(19-3)10-7-11-17-14/h4-11H,1-3H3. The van der Waals surface area contributed by atoms with Gasteiger partial charge in [0.2, 0.25) is 0 Å². The lowest BCUT2D eigenvalue weighted by Gasteiger charge is -2.23. The van der Waals surface area contributed by atoms with Crippen LogP contribution in [0.3, 0.4) is 0 Å². The van der Waals surface area contributed by atoms with Gasteiger partial charge >= 0.3 is 0 Å². The van der Waals surface area contributed by atoms with E-state index in [4.69, 9.17) is 4.74 Å². The fourth-order valence-corrected chi connectivity index (χ4v) is 2.01. The smallest absolute Gasteiger partial charge is 0.194 e. The molecule has 0 amide bonds. The number of ether oxygens (including phenoxy) is 1. The molecule has 0 aliphatic heterocycles. The maximum Gasteiger partial charge on any atom is 0.194 e. The molecule has 1 heterocycles. The normalized spacial score (nSPS) is 11.1. The highest BCUT2D eigenvalue weighted by Crippen LogP contribution is 2.29. The Morgan fingerprint density at radius 3 is 2.42 bits per heavy atom. The lowest BCUT2D eigenvalue weighted by molar-refractivity contribution is 0.0900. The van der Waals surface area contributed by atoms with Gasteiger partial charge < -0.3 is 4.74 Å². The molecular weight excluding hydrogens is 238 g/mol. The molecule has 1 aromatic heterocycles. The molecule has 0 aliphatic rings. The number of carbonyl (C=O) groups is 1. The van der Waals surface area contributed by atoms with E-state index in [2.05, 4.69) is 4.98 Å². The predicted octanol–water partition coefficient (Wildman–Crippen LogP) is 3.25. The predicted molar refractivity (Wildman–Crippen MR) is 74.6 cm³/mol. The van der Waals surface area contributed by atoms with Gasteiger partial charge in [0.25, 0.3) is 0 Å². The van der Waals surface area contributed by atoms with Crippen LogP contribution in [0.5, 0.6) is 5.75 Å². The van der Waals surface area contributed by atoms with Crippen LogP contribution in [0.1, 0.15) is 29.9 Å². The van der Waals surface area contributed by atoms with Crippen molar-refractivity contribution in [3.05, 3.63) is 59.9 Å². The van der Waals surface area contributed by atoms with Crippen LogP contribution >= 0.6 is 0 Å². The molecule has 2 rings (SSSR count). The van der Waals surface area contributed by atoms with E-state index in [9.17, 15) is 4.79 Å². The number of benzene rings is 1. The van der Waals surface area contributed by atoms with E-state index in [0.717, 1.165) is 5.56 Å². The maximum absolute atomic E-state index is 12.7. The lowest BCUT2D eigenvalue weighted by atomic mass is 9.79. The molecule has 0 fully saturated rings. The molecule has 0 saturated heterocycles. The Morgan fingerprint density at radius 2 is 1.79 bits per heavy atom. The zero-order valence-electron chi connectivity index (χ0n) is 11.4. The van der Waals surface area contributed by atoms with E-state index in [1.165, 1.54) is 0 Å². The number of nitrogens with zero attached hydrogens (tertiary/aromatic N) is 1. The first-order valence-electron chi connectivity index (χ1n) is 6.16. The number of hydrogen-bond donors (Lipinski definition) is 0. The number of methoxy groups -OCH3 is 1. The van der Waals surface area contributed by atoms with Crippen molar-refractivity contribution in [2.24, 2.45) is 0 Å². The number of pyridine rings is 1. The van der Waals surface area contributed by atoms with Crippen LogP contribution in [0.15, 0.2) is 48.7 Å². The second-order valence-corrected chi connectivity index (χ2v) is 4.87. The van der Waals surface area contributed by atoms with Crippen LogP contribution in [0.4, 0.5) is 0 Å². The van der Waals surface area contributed by atoms with Crippen molar-refractivity contribution in [2.75, 3.05) is 7.11 Å². The first-order chi connectivity index (χ1) is 9.07. The van der Waals surface area contributed by atoms with E-state index in [1.807, 2.05) is 44.2 Å². The fourth-order valence-electron chi connectivity index (χ4n) is 2.01.